The van der Waals surface area contributed by atoms with Crippen molar-refractivity contribution in [3.8, 4) is 0 Å². The smallest absolute Gasteiger partial charge is 0.410 e. The molecule has 0 atom stereocenters. The number of pyridine rings is 1. The number of nitrogens with zero attached hydrogens (tertiary/aromatic N) is 2. The number of likely N-dealkylation sites (tertiary alicyclic amines) is 1. The van der Waals surface area contributed by atoms with Gasteiger partial charge in [-0.2, -0.15) is 0 Å². The standard InChI is InChI=1S/C19H28N2O5/c1-6-14-15(17(23)25-5)9-12-21(16(14)22)13-7-10-20(11-8-13)18(24)26-19(2,3)4/h9,12-13H,6-8,10-11H2,1-5H3. The summed E-state index contributed by atoms with van der Waals surface area (Å²) in [6, 6.07) is 1.64. The molecule has 0 aliphatic carbocycles. The van der Waals surface area contributed by atoms with E-state index in [1.54, 1.807) is 21.7 Å². The topological polar surface area (TPSA) is 77.8 Å². The lowest BCUT2D eigenvalue weighted by atomic mass is 10.0. The number of ether oxygens (including phenoxy) is 2. The minimum atomic E-state index is -0.523. The first-order valence-electron chi connectivity index (χ1n) is 8.98. The Morgan fingerprint density at radius 3 is 2.35 bits per heavy atom. The summed E-state index contributed by atoms with van der Waals surface area (Å²) in [5.74, 6) is -0.495. The highest BCUT2D eigenvalue weighted by Crippen LogP contribution is 2.23. The number of piperidine rings is 1. The van der Waals surface area contributed by atoms with Crippen LogP contribution in [0.25, 0.3) is 0 Å². The van der Waals surface area contributed by atoms with E-state index in [0.29, 0.717) is 43.5 Å². The molecule has 0 unspecified atom stereocenters. The highest BCUT2D eigenvalue weighted by molar-refractivity contribution is 5.90. The summed E-state index contributed by atoms with van der Waals surface area (Å²) in [5.41, 5.74) is 0.104. The van der Waals surface area contributed by atoms with Crippen LogP contribution in [0.1, 0.15) is 62.5 Å². The van der Waals surface area contributed by atoms with Crippen LogP contribution < -0.4 is 5.56 Å². The summed E-state index contributed by atoms with van der Waals surface area (Å²) in [6.45, 7) is 8.43. The van der Waals surface area contributed by atoms with Gasteiger partial charge < -0.3 is 18.9 Å². The van der Waals surface area contributed by atoms with Crippen molar-refractivity contribution in [3.63, 3.8) is 0 Å². The number of carbonyl (C=O) groups excluding carboxylic acids is 2. The minimum Gasteiger partial charge on any atom is -0.465 e. The number of amides is 1. The van der Waals surface area contributed by atoms with Crippen LogP contribution in [0.5, 0.6) is 0 Å². The number of esters is 1. The predicted molar refractivity (Wildman–Crippen MR) is 97.5 cm³/mol. The van der Waals surface area contributed by atoms with Gasteiger partial charge >= 0.3 is 12.1 Å². The first kappa shape index (κ1) is 20.0. The van der Waals surface area contributed by atoms with Crippen LogP contribution in [-0.4, -0.2) is 47.3 Å². The van der Waals surface area contributed by atoms with Crippen LogP contribution in [0.2, 0.25) is 0 Å². The van der Waals surface area contributed by atoms with Crippen molar-refractivity contribution in [2.75, 3.05) is 20.2 Å². The molecule has 2 rings (SSSR count). The second kappa shape index (κ2) is 7.93. The number of methoxy groups -OCH3 is 1. The molecule has 1 aromatic rings. The highest BCUT2D eigenvalue weighted by Gasteiger charge is 2.28. The fourth-order valence-corrected chi connectivity index (χ4v) is 3.18. The van der Waals surface area contributed by atoms with E-state index in [2.05, 4.69) is 0 Å². The van der Waals surface area contributed by atoms with Crippen molar-refractivity contribution in [1.29, 1.82) is 0 Å². The van der Waals surface area contributed by atoms with E-state index in [9.17, 15) is 14.4 Å². The molecule has 2 heterocycles. The average Bonchev–Trinajstić information content (AvgIpc) is 2.59. The van der Waals surface area contributed by atoms with Crippen molar-refractivity contribution in [3.05, 3.63) is 33.7 Å². The van der Waals surface area contributed by atoms with E-state index in [-0.39, 0.29) is 17.7 Å². The lowest BCUT2D eigenvalue weighted by Crippen LogP contribution is -2.43. The fourth-order valence-electron chi connectivity index (χ4n) is 3.18. The van der Waals surface area contributed by atoms with Gasteiger partial charge in [0.25, 0.3) is 5.56 Å². The van der Waals surface area contributed by atoms with E-state index in [4.69, 9.17) is 9.47 Å². The number of carbonyl (C=O) groups is 2. The van der Waals surface area contributed by atoms with Crippen molar-refractivity contribution in [1.82, 2.24) is 9.47 Å². The summed E-state index contributed by atoms with van der Waals surface area (Å²) < 4.78 is 11.8. The van der Waals surface area contributed by atoms with E-state index >= 15 is 0 Å². The molecule has 0 aromatic carbocycles. The summed E-state index contributed by atoms with van der Waals surface area (Å²) in [4.78, 5) is 38.5. The molecule has 1 fully saturated rings. The van der Waals surface area contributed by atoms with Gasteiger partial charge in [0, 0.05) is 30.9 Å². The Labute approximate surface area is 153 Å². The van der Waals surface area contributed by atoms with Gasteiger partial charge in [-0.25, -0.2) is 9.59 Å². The third-order valence-electron chi connectivity index (χ3n) is 4.49. The Morgan fingerprint density at radius 1 is 1.23 bits per heavy atom. The molecule has 0 bridgehead atoms. The van der Waals surface area contributed by atoms with Gasteiger partial charge in [-0.1, -0.05) is 6.92 Å². The maximum absolute atomic E-state index is 12.8. The molecule has 0 saturated carbocycles. The van der Waals surface area contributed by atoms with Crippen molar-refractivity contribution < 1.29 is 19.1 Å². The zero-order valence-electron chi connectivity index (χ0n) is 16.2. The number of hydrogen-bond donors (Lipinski definition) is 0. The van der Waals surface area contributed by atoms with Gasteiger partial charge in [0.05, 0.1) is 12.7 Å². The molecule has 26 heavy (non-hydrogen) atoms. The van der Waals surface area contributed by atoms with Crippen LogP contribution in [0.3, 0.4) is 0 Å². The van der Waals surface area contributed by atoms with E-state index in [1.807, 2.05) is 27.7 Å². The van der Waals surface area contributed by atoms with Crippen LogP contribution >= 0.6 is 0 Å². The van der Waals surface area contributed by atoms with Crippen molar-refractivity contribution in [2.24, 2.45) is 0 Å². The third-order valence-corrected chi connectivity index (χ3v) is 4.49. The van der Waals surface area contributed by atoms with Gasteiger partial charge in [0.1, 0.15) is 5.60 Å². The average molecular weight is 364 g/mol. The largest absolute Gasteiger partial charge is 0.465 e. The Hall–Kier alpha value is -2.31. The maximum atomic E-state index is 12.8. The van der Waals surface area contributed by atoms with Crippen LogP contribution in [-0.2, 0) is 15.9 Å². The number of hydrogen-bond acceptors (Lipinski definition) is 5. The molecule has 144 valence electrons. The van der Waals surface area contributed by atoms with Crippen LogP contribution in [0.4, 0.5) is 4.79 Å². The molecule has 1 aromatic heterocycles. The monoisotopic (exact) mass is 364 g/mol. The molecular formula is C19H28N2O5. The molecule has 1 amide bonds. The number of rotatable bonds is 3. The van der Waals surface area contributed by atoms with Crippen LogP contribution in [0.15, 0.2) is 17.1 Å². The Balaban J connectivity index is 2.13. The predicted octanol–water partition coefficient (Wildman–Crippen LogP) is 2.77. The van der Waals surface area contributed by atoms with E-state index in [1.165, 1.54) is 7.11 Å². The van der Waals surface area contributed by atoms with E-state index in [0.717, 1.165) is 0 Å². The molecule has 0 radical (unpaired) electrons. The SMILES string of the molecule is CCc1c(C(=O)OC)ccn(C2CCN(C(=O)OC(C)(C)C)CC2)c1=O. The third kappa shape index (κ3) is 4.45. The Morgan fingerprint density at radius 2 is 1.85 bits per heavy atom. The quantitative estimate of drug-likeness (QED) is 0.771. The maximum Gasteiger partial charge on any atom is 0.410 e. The van der Waals surface area contributed by atoms with Gasteiger partial charge in [-0.15, -0.1) is 0 Å². The Kier molecular flexibility index (Phi) is 6.10. The second-order valence-electron chi connectivity index (χ2n) is 7.46. The summed E-state index contributed by atoms with van der Waals surface area (Å²) in [7, 11) is 1.31. The van der Waals surface area contributed by atoms with Crippen molar-refractivity contribution in [2.45, 2.75) is 58.6 Å². The van der Waals surface area contributed by atoms with E-state index < -0.39 is 11.6 Å². The fraction of sp³-hybridized carbons (Fsp3) is 0.632. The molecular weight excluding hydrogens is 336 g/mol. The molecule has 1 saturated heterocycles. The highest BCUT2D eigenvalue weighted by atomic mass is 16.6. The Bertz CT molecular complexity index is 724. The first-order chi connectivity index (χ1) is 12.2. The minimum absolute atomic E-state index is 0.00168. The van der Waals surface area contributed by atoms with Gasteiger partial charge in [-0.05, 0) is 46.1 Å². The lowest BCUT2D eigenvalue weighted by molar-refractivity contribution is 0.0187. The second-order valence-corrected chi connectivity index (χ2v) is 7.46. The molecule has 0 spiro atoms. The summed E-state index contributed by atoms with van der Waals surface area (Å²) in [5, 5.41) is 0. The molecule has 1 aliphatic rings. The van der Waals surface area contributed by atoms with Gasteiger partial charge in [0.2, 0.25) is 0 Å². The molecule has 1 aliphatic heterocycles. The lowest BCUT2D eigenvalue weighted by Gasteiger charge is -2.34. The normalized spacial score (nSPS) is 15.7. The van der Waals surface area contributed by atoms with Gasteiger partial charge in [0.15, 0.2) is 0 Å². The summed E-state index contributed by atoms with van der Waals surface area (Å²) in [6.07, 6.45) is 3.13. The zero-order chi connectivity index (χ0) is 19.5. The van der Waals surface area contributed by atoms with Crippen LogP contribution in [0, 0.1) is 0 Å². The van der Waals surface area contributed by atoms with Crippen molar-refractivity contribution >= 4 is 12.1 Å². The molecule has 0 N–H and O–H groups in total. The summed E-state index contributed by atoms with van der Waals surface area (Å²) >= 11 is 0. The molecule has 7 heteroatoms. The first-order valence-corrected chi connectivity index (χ1v) is 8.98. The van der Waals surface area contributed by atoms with Gasteiger partial charge in [-0.3, -0.25) is 4.79 Å². The molecule has 7 nitrogen and oxygen atoms in total. The number of aromatic nitrogens is 1. The zero-order valence-corrected chi connectivity index (χ0v) is 16.2.